The summed E-state index contributed by atoms with van der Waals surface area (Å²) in [4.78, 5) is 0. The van der Waals surface area contributed by atoms with E-state index in [0.29, 0.717) is 36.3 Å². The molecule has 1 aliphatic heterocycles. The van der Waals surface area contributed by atoms with Crippen LogP contribution < -0.4 is 10.5 Å². The minimum absolute atomic E-state index is 0.172. The van der Waals surface area contributed by atoms with E-state index in [4.69, 9.17) is 10.5 Å². The Balaban J connectivity index is 2.50. The van der Waals surface area contributed by atoms with E-state index in [2.05, 4.69) is 0 Å². The van der Waals surface area contributed by atoms with Crippen molar-refractivity contribution in [2.75, 3.05) is 6.61 Å². The summed E-state index contributed by atoms with van der Waals surface area (Å²) in [6.45, 7) is 2.31. The normalized spacial score (nSPS) is 16.5. The highest BCUT2D eigenvalue weighted by molar-refractivity contribution is 5.45. The summed E-state index contributed by atoms with van der Waals surface area (Å²) in [6.07, 6.45) is 1.75. The Morgan fingerprint density at radius 3 is 2.88 bits per heavy atom. The summed E-state index contributed by atoms with van der Waals surface area (Å²) < 4.78 is 32.5. The fourth-order valence-corrected chi connectivity index (χ4v) is 2.03. The third-order valence-corrected chi connectivity index (χ3v) is 2.72. The molecule has 0 aromatic heterocycles. The number of fused-ring (bicyclic) bond motifs is 1. The van der Waals surface area contributed by atoms with Gasteiger partial charge in [0.15, 0.2) is 0 Å². The molecule has 0 saturated carbocycles. The largest absolute Gasteiger partial charge is 0.493 e. The molecule has 1 aromatic rings. The second kappa shape index (κ2) is 4.37. The van der Waals surface area contributed by atoms with Gasteiger partial charge in [-0.25, -0.2) is 8.78 Å². The van der Waals surface area contributed by atoms with Gasteiger partial charge in [0.2, 0.25) is 0 Å². The van der Waals surface area contributed by atoms with Gasteiger partial charge in [-0.2, -0.15) is 0 Å². The van der Waals surface area contributed by atoms with Crippen molar-refractivity contribution >= 4 is 0 Å². The maximum atomic E-state index is 13.6. The Kier molecular flexibility index (Phi) is 3.10. The lowest BCUT2D eigenvalue weighted by molar-refractivity contribution is 0.277. The molecule has 0 spiro atoms. The van der Waals surface area contributed by atoms with Crippen molar-refractivity contribution in [3.63, 3.8) is 0 Å². The van der Waals surface area contributed by atoms with Crippen LogP contribution in [0, 0.1) is 11.6 Å². The van der Waals surface area contributed by atoms with Crippen LogP contribution in [0.2, 0.25) is 0 Å². The Morgan fingerprint density at radius 1 is 1.44 bits per heavy atom. The Labute approximate surface area is 93.4 Å². The number of halogens is 2. The predicted molar refractivity (Wildman–Crippen MR) is 57.5 cm³/mol. The SMILES string of the molecule is CC(N)Cc1c(F)cc(F)c2c1OCCC2. The average Bonchev–Trinajstić information content (AvgIpc) is 2.24. The van der Waals surface area contributed by atoms with Crippen molar-refractivity contribution in [3.8, 4) is 5.75 Å². The topological polar surface area (TPSA) is 35.2 Å². The number of nitrogens with two attached hydrogens (primary N) is 1. The van der Waals surface area contributed by atoms with E-state index in [1.54, 1.807) is 6.92 Å². The van der Waals surface area contributed by atoms with Crippen molar-refractivity contribution in [3.05, 3.63) is 28.8 Å². The first-order valence-electron chi connectivity index (χ1n) is 5.47. The molecule has 2 N–H and O–H groups in total. The number of benzene rings is 1. The summed E-state index contributed by atoms with van der Waals surface area (Å²) in [5, 5.41) is 0. The molecule has 0 amide bonds. The second-order valence-electron chi connectivity index (χ2n) is 4.26. The van der Waals surface area contributed by atoms with Gasteiger partial charge in [0.1, 0.15) is 17.4 Å². The van der Waals surface area contributed by atoms with E-state index in [1.807, 2.05) is 0 Å². The minimum atomic E-state index is -0.560. The summed E-state index contributed by atoms with van der Waals surface area (Å²) in [5.41, 5.74) is 6.55. The van der Waals surface area contributed by atoms with Crippen LogP contribution in [0.4, 0.5) is 8.78 Å². The van der Waals surface area contributed by atoms with Gasteiger partial charge >= 0.3 is 0 Å². The van der Waals surface area contributed by atoms with Gasteiger partial charge in [-0.05, 0) is 26.2 Å². The third kappa shape index (κ3) is 2.02. The molecule has 88 valence electrons. The molecule has 0 aliphatic carbocycles. The summed E-state index contributed by atoms with van der Waals surface area (Å²) in [7, 11) is 0. The van der Waals surface area contributed by atoms with Crippen molar-refractivity contribution in [1.82, 2.24) is 0 Å². The Morgan fingerprint density at radius 2 is 2.19 bits per heavy atom. The second-order valence-corrected chi connectivity index (χ2v) is 4.26. The lowest BCUT2D eigenvalue weighted by Crippen LogP contribution is -2.21. The maximum absolute atomic E-state index is 13.6. The number of hydrogen-bond donors (Lipinski definition) is 1. The predicted octanol–water partition coefficient (Wildman–Crippen LogP) is 2.18. The molecular formula is C12H15F2NO. The molecule has 1 aliphatic rings. The van der Waals surface area contributed by atoms with Crippen molar-refractivity contribution in [2.45, 2.75) is 32.2 Å². The van der Waals surface area contributed by atoms with E-state index in [0.717, 1.165) is 12.5 Å². The first-order valence-corrected chi connectivity index (χ1v) is 5.47. The minimum Gasteiger partial charge on any atom is -0.493 e. The number of rotatable bonds is 2. The molecule has 2 rings (SSSR count). The van der Waals surface area contributed by atoms with Crippen molar-refractivity contribution < 1.29 is 13.5 Å². The summed E-state index contributed by atoms with van der Waals surface area (Å²) in [6, 6.07) is 0.764. The fraction of sp³-hybridized carbons (Fsp3) is 0.500. The van der Waals surface area contributed by atoms with Crippen LogP contribution in [0.3, 0.4) is 0 Å². The lowest BCUT2D eigenvalue weighted by Gasteiger charge is -2.22. The van der Waals surface area contributed by atoms with Crippen LogP contribution in [-0.4, -0.2) is 12.6 Å². The molecular weight excluding hydrogens is 212 g/mol. The molecule has 1 unspecified atom stereocenters. The number of ether oxygens (including phenoxy) is 1. The molecule has 16 heavy (non-hydrogen) atoms. The van der Waals surface area contributed by atoms with Gasteiger partial charge in [-0.1, -0.05) is 0 Å². The standard InChI is InChI=1S/C12H15F2NO/c1-7(15)5-9-11(14)6-10(13)8-3-2-4-16-12(8)9/h6-7H,2-5,15H2,1H3. The van der Waals surface area contributed by atoms with Crippen LogP contribution in [0.5, 0.6) is 5.75 Å². The molecule has 0 saturated heterocycles. The van der Waals surface area contributed by atoms with E-state index >= 15 is 0 Å². The molecule has 2 nitrogen and oxygen atoms in total. The fourth-order valence-electron chi connectivity index (χ4n) is 2.03. The zero-order chi connectivity index (χ0) is 11.7. The smallest absolute Gasteiger partial charge is 0.133 e. The molecule has 1 aromatic carbocycles. The van der Waals surface area contributed by atoms with E-state index in [9.17, 15) is 8.78 Å². The third-order valence-electron chi connectivity index (χ3n) is 2.72. The molecule has 0 radical (unpaired) electrons. The highest BCUT2D eigenvalue weighted by Gasteiger charge is 2.22. The molecule has 1 heterocycles. The monoisotopic (exact) mass is 227 g/mol. The van der Waals surface area contributed by atoms with Gasteiger partial charge < -0.3 is 10.5 Å². The van der Waals surface area contributed by atoms with Gasteiger partial charge in [0, 0.05) is 23.2 Å². The first-order chi connectivity index (χ1) is 7.59. The molecule has 0 bridgehead atoms. The van der Waals surface area contributed by atoms with Crippen molar-refractivity contribution in [1.29, 1.82) is 0 Å². The first kappa shape index (κ1) is 11.3. The van der Waals surface area contributed by atoms with Gasteiger partial charge in [0.25, 0.3) is 0 Å². The van der Waals surface area contributed by atoms with E-state index < -0.39 is 11.6 Å². The molecule has 1 atom stereocenters. The van der Waals surface area contributed by atoms with Crippen LogP contribution in [0.1, 0.15) is 24.5 Å². The van der Waals surface area contributed by atoms with Crippen LogP contribution in [0.15, 0.2) is 6.07 Å². The Hall–Kier alpha value is -1.16. The van der Waals surface area contributed by atoms with E-state index in [1.165, 1.54) is 0 Å². The zero-order valence-electron chi connectivity index (χ0n) is 9.22. The summed E-state index contributed by atoms with van der Waals surface area (Å²) >= 11 is 0. The number of hydrogen-bond acceptors (Lipinski definition) is 2. The van der Waals surface area contributed by atoms with Gasteiger partial charge in [-0.3, -0.25) is 0 Å². The zero-order valence-corrected chi connectivity index (χ0v) is 9.22. The van der Waals surface area contributed by atoms with Crippen molar-refractivity contribution in [2.24, 2.45) is 5.73 Å². The quantitative estimate of drug-likeness (QED) is 0.840. The molecule has 4 heteroatoms. The van der Waals surface area contributed by atoms with Crippen LogP contribution in [-0.2, 0) is 12.8 Å². The van der Waals surface area contributed by atoms with Gasteiger partial charge in [0.05, 0.1) is 6.61 Å². The highest BCUT2D eigenvalue weighted by Crippen LogP contribution is 2.33. The maximum Gasteiger partial charge on any atom is 0.133 e. The molecule has 0 fully saturated rings. The van der Waals surface area contributed by atoms with Crippen LogP contribution in [0.25, 0.3) is 0 Å². The highest BCUT2D eigenvalue weighted by atomic mass is 19.1. The van der Waals surface area contributed by atoms with E-state index in [-0.39, 0.29) is 6.04 Å². The average molecular weight is 227 g/mol. The lowest BCUT2D eigenvalue weighted by atomic mass is 9.97. The Bertz CT molecular complexity index is 404. The van der Waals surface area contributed by atoms with Gasteiger partial charge in [-0.15, -0.1) is 0 Å². The summed E-state index contributed by atoms with van der Waals surface area (Å²) in [5.74, 6) is -0.697. The van der Waals surface area contributed by atoms with Crippen LogP contribution >= 0.6 is 0 Å².